The molecule has 0 spiro atoms. The zero-order valence-corrected chi connectivity index (χ0v) is 20.7. The second-order valence-electron chi connectivity index (χ2n) is 9.69. The number of carbonyl (C=O) groups is 1. The quantitative estimate of drug-likeness (QED) is 0.429. The predicted molar refractivity (Wildman–Crippen MR) is 129 cm³/mol. The van der Waals surface area contributed by atoms with Crippen molar-refractivity contribution in [1.29, 1.82) is 0 Å². The molecule has 0 N–H and O–H groups in total. The van der Waals surface area contributed by atoms with E-state index in [0.717, 1.165) is 16.9 Å². The minimum Gasteiger partial charge on any atom is -0.444 e. The lowest BCUT2D eigenvalue weighted by Gasteiger charge is -2.33. The number of carbonyl (C=O) groups excluding carboxylic acids is 1. The predicted octanol–water partition coefficient (Wildman–Crippen LogP) is 3.75. The van der Waals surface area contributed by atoms with Crippen LogP contribution in [0.3, 0.4) is 0 Å². The van der Waals surface area contributed by atoms with E-state index in [4.69, 9.17) is 4.74 Å². The molecule has 1 saturated heterocycles. The number of fused-ring (bicyclic) bond motifs is 2. The number of hydrogen-bond acceptors (Lipinski definition) is 8. The number of nitrogens with zero attached hydrogens (tertiary/aromatic N) is 7. The average Bonchev–Trinajstić information content (AvgIpc) is 3.37. The topological polar surface area (TPSA) is 108 Å². The van der Waals surface area contributed by atoms with Crippen LogP contribution in [0.4, 0.5) is 4.79 Å². The minimum atomic E-state index is -0.532. The van der Waals surface area contributed by atoms with Gasteiger partial charge in [0.15, 0.2) is 5.65 Å². The van der Waals surface area contributed by atoms with Crippen LogP contribution < -0.4 is 5.56 Å². The maximum absolute atomic E-state index is 13.3. The van der Waals surface area contributed by atoms with Crippen LogP contribution in [0.15, 0.2) is 23.3 Å². The fourth-order valence-corrected chi connectivity index (χ4v) is 5.11. The number of thiazole rings is 1. The van der Waals surface area contributed by atoms with E-state index < -0.39 is 5.60 Å². The van der Waals surface area contributed by atoms with Crippen molar-refractivity contribution in [3.8, 4) is 10.7 Å². The first-order valence-corrected chi connectivity index (χ1v) is 12.1. The summed E-state index contributed by atoms with van der Waals surface area (Å²) < 4.78 is 9.31. The summed E-state index contributed by atoms with van der Waals surface area (Å²) in [5, 5.41) is 9.72. The van der Waals surface area contributed by atoms with Crippen molar-refractivity contribution in [3.05, 3.63) is 40.1 Å². The normalized spacial score (nSPS) is 15.4. The third-order valence-electron chi connectivity index (χ3n) is 5.77. The molecule has 0 aromatic carbocycles. The number of ether oxygens (including phenoxy) is 1. The summed E-state index contributed by atoms with van der Waals surface area (Å²) in [6, 6.07) is 1.87. The summed E-state index contributed by atoms with van der Waals surface area (Å²) in [7, 11) is 0. The van der Waals surface area contributed by atoms with Gasteiger partial charge in [-0.3, -0.25) is 4.79 Å². The number of imidazole rings is 1. The summed E-state index contributed by atoms with van der Waals surface area (Å²) >= 11 is 1.33. The zero-order valence-electron chi connectivity index (χ0n) is 19.9. The first-order valence-electron chi connectivity index (χ1n) is 11.3. The molecule has 1 fully saturated rings. The molecule has 178 valence electrons. The Balaban J connectivity index is 1.40. The van der Waals surface area contributed by atoms with E-state index in [1.54, 1.807) is 15.6 Å². The van der Waals surface area contributed by atoms with Gasteiger partial charge in [0, 0.05) is 13.1 Å². The fraction of sp³-hybridized carbons (Fsp3) is 0.478. The molecule has 0 radical (unpaired) electrons. The monoisotopic (exact) mass is 481 g/mol. The maximum atomic E-state index is 13.3. The largest absolute Gasteiger partial charge is 0.444 e. The number of rotatable bonds is 2. The highest BCUT2D eigenvalue weighted by atomic mass is 32.1. The Bertz CT molecular complexity index is 1460. The summed E-state index contributed by atoms with van der Waals surface area (Å²) in [5.41, 5.74) is 3.26. The first-order chi connectivity index (χ1) is 16.1. The van der Waals surface area contributed by atoms with Gasteiger partial charge >= 0.3 is 6.09 Å². The Hall–Kier alpha value is -3.34. The molecule has 1 aliphatic rings. The van der Waals surface area contributed by atoms with Crippen molar-refractivity contribution < 1.29 is 9.53 Å². The molecule has 34 heavy (non-hydrogen) atoms. The van der Waals surface area contributed by atoms with Crippen LogP contribution in [0.1, 0.15) is 50.9 Å². The van der Waals surface area contributed by atoms with Crippen molar-refractivity contribution in [2.75, 3.05) is 13.1 Å². The van der Waals surface area contributed by atoms with Crippen molar-refractivity contribution >= 4 is 33.3 Å². The minimum absolute atomic E-state index is 0.0771. The summed E-state index contributed by atoms with van der Waals surface area (Å²) in [6.07, 6.45) is 4.48. The van der Waals surface area contributed by atoms with Crippen molar-refractivity contribution in [3.63, 3.8) is 0 Å². The Morgan fingerprint density at radius 2 is 1.91 bits per heavy atom. The third kappa shape index (κ3) is 4.15. The Kier molecular flexibility index (Phi) is 5.38. The summed E-state index contributed by atoms with van der Waals surface area (Å²) in [4.78, 5) is 36.4. The fourth-order valence-electron chi connectivity index (χ4n) is 4.18. The van der Waals surface area contributed by atoms with Crippen LogP contribution >= 0.6 is 11.3 Å². The number of amides is 1. The highest BCUT2D eigenvalue weighted by Gasteiger charge is 2.29. The molecule has 1 aliphatic heterocycles. The molecule has 0 bridgehead atoms. The molecule has 5 heterocycles. The van der Waals surface area contributed by atoms with E-state index in [1.807, 2.05) is 46.9 Å². The van der Waals surface area contributed by atoms with E-state index >= 15 is 0 Å². The van der Waals surface area contributed by atoms with Crippen molar-refractivity contribution in [1.82, 2.24) is 34.3 Å². The standard InChI is InChI=1S/C23H27N7O3S/c1-13-10-16(27-29-12-14(2)25-19(13)29)20-26-17-11-24-30(21(31)18(17)34-20)15-6-8-28(9-7-15)22(32)33-23(3,4)5/h10-12,15H,6-9H2,1-5H3. The Labute approximate surface area is 200 Å². The molecular weight excluding hydrogens is 454 g/mol. The highest BCUT2D eigenvalue weighted by molar-refractivity contribution is 7.21. The van der Waals surface area contributed by atoms with Crippen LogP contribution in [-0.4, -0.2) is 59.0 Å². The molecule has 0 saturated carbocycles. The molecule has 5 rings (SSSR count). The lowest BCUT2D eigenvalue weighted by Crippen LogP contribution is -2.43. The molecule has 10 nitrogen and oxygen atoms in total. The molecule has 0 atom stereocenters. The van der Waals surface area contributed by atoms with Gasteiger partial charge in [-0.2, -0.15) is 10.2 Å². The number of likely N-dealkylation sites (tertiary alicyclic amines) is 1. The average molecular weight is 482 g/mol. The van der Waals surface area contributed by atoms with Gasteiger partial charge in [-0.25, -0.2) is 24.0 Å². The molecule has 11 heteroatoms. The van der Waals surface area contributed by atoms with Gasteiger partial charge in [-0.05, 0) is 59.1 Å². The van der Waals surface area contributed by atoms with Gasteiger partial charge < -0.3 is 9.64 Å². The number of hydrogen-bond donors (Lipinski definition) is 0. The van der Waals surface area contributed by atoms with Crippen LogP contribution in [0.5, 0.6) is 0 Å². The van der Waals surface area contributed by atoms with Crippen LogP contribution in [0.2, 0.25) is 0 Å². The van der Waals surface area contributed by atoms with E-state index in [9.17, 15) is 9.59 Å². The van der Waals surface area contributed by atoms with Crippen LogP contribution in [-0.2, 0) is 4.74 Å². The van der Waals surface area contributed by atoms with E-state index in [-0.39, 0.29) is 17.7 Å². The van der Waals surface area contributed by atoms with Gasteiger partial charge in [-0.15, -0.1) is 11.3 Å². The van der Waals surface area contributed by atoms with Gasteiger partial charge in [0.25, 0.3) is 5.56 Å². The highest BCUT2D eigenvalue weighted by Crippen LogP contribution is 2.29. The second kappa shape index (κ2) is 8.15. The third-order valence-corrected chi connectivity index (χ3v) is 6.85. The van der Waals surface area contributed by atoms with Gasteiger partial charge in [0.2, 0.25) is 0 Å². The lowest BCUT2D eigenvalue weighted by atomic mass is 10.1. The van der Waals surface area contributed by atoms with E-state index in [1.165, 1.54) is 16.0 Å². The van der Waals surface area contributed by atoms with E-state index in [2.05, 4.69) is 20.2 Å². The van der Waals surface area contributed by atoms with Crippen molar-refractivity contribution in [2.24, 2.45) is 0 Å². The molecule has 1 amide bonds. The lowest BCUT2D eigenvalue weighted by molar-refractivity contribution is 0.0183. The molecular formula is C23H27N7O3S. The van der Waals surface area contributed by atoms with Gasteiger partial charge in [0.1, 0.15) is 26.5 Å². The number of aromatic nitrogens is 6. The molecule has 4 aromatic heterocycles. The van der Waals surface area contributed by atoms with Crippen molar-refractivity contribution in [2.45, 2.75) is 59.1 Å². The molecule has 4 aromatic rings. The first kappa shape index (κ1) is 22.5. The summed E-state index contributed by atoms with van der Waals surface area (Å²) in [6.45, 7) is 10.5. The maximum Gasteiger partial charge on any atom is 0.410 e. The van der Waals surface area contributed by atoms with Gasteiger partial charge in [-0.1, -0.05) is 0 Å². The summed E-state index contributed by atoms with van der Waals surface area (Å²) in [5.74, 6) is 0. The smallest absolute Gasteiger partial charge is 0.410 e. The van der Waals surface area contributed by atoms with Gasteiger partial charge in [0.05, 0.1) is 24.1 Å². The number of piperidine rings is 1. The van der Waals surface area contributed by atoms with Crippen LogP contribution in [0.25, 0.3) is 26.6 Å². The SMILES string of the molecule is Cc1cn2nc(-c3nc4cnn(C5CCN(C(=O)OC(C)(C)C)CC5)c(=O)c4s3)cc(C)c2n1. The molecule has 0 unspecified atom stereocenters. The Morgan fingerprint density at radius 3 is 2.62 bits per heavy atom. The Morgan fingerprint density at radius 1 is 1.18 bits per heavy atom. The van der Waals surface area contributed by atoms with Crippen LogP contribution in [0, 0.1) is 13.8 Å². The van der Waals surface area contributed by atoms with E-state index in [0.29, 0.717) is 46.8 Å². The second-order valence-corrected chi connectivity index (χ2v) is 10.7. The molecule has 0 aliphatic carbocycles. The number of aryl methyl sites for hydroxylation is 2. The zero-order chi connectivity index (χ0) is 24.2.